The number of carbonyl (C=O) groups is 1. The van der Waals surface area contributed by atoms with Gasteiger partial charge in [-0.2, -0.15) is 5.10 Å². The van der Waals surface area contributed by atoms with Crippen molar-refractivity contribution in [2.45, 2.75) is 18.3 Å². The lowest BCUT2D eigenvalue weighted by molar-refractivity contribution is -0.140. The fourth-order valence-electron chi connectivity index (χ4n) is 2.40. The molecule has 1 saturated carbocycles. The van der Waals surface area contributed by atoms with Crippen molar-refractivity contribution in [2.75, 3.05) is 0 Å². The molecule has 1 heterocycles. The summed E-state index contributed by atoms with van der Waals surface area (Å²) in [5.74, 6) is -0.734. The lowest BCUT2D eigenvalue weighted by Crippen LogP contribution is -2.20. The molecule has 0 saturated heterocycles. The van der Waals surface area contributed by atoms with Gasteiger partial charge >= 0.3 is 5.97 Å². The number of hydrogen-bond acceptors (Lipinski definition) is 2. The van der Waals surface area contributed by atoms with Crippen LogP contribution in [0, 0.1) is 0 Å². The highest BCUT2D eigenvalue weighted by Gasteiger charge is 2.53. The van der Waals surface area contributed by atoms with Gasteiger partial charge in [0.1, 0.15) is 4.60 Å². The van der Waals surface area contributed by atoms with Crippen LogP contribution in [0.15, 0.2) is 22.8 Å². The number of aryl methyl sites for hydroxylation is 1. The Labute approximate surface area is 106 Å². The Balaban J connectivity index is 2.34. The van der Waals surface area contributed by atoms with E-state index in [0.29, 0.717) is 12.8 Å². The van der Waals surface area contributed by atoms with Gasteiger partial charge in [-0.05, 0) is 34.3 Å². The maximum Gasteiger partial charge on any atom is 0.314 e. The molecule has 1 aromatic heterocycles. The normalized spacial score (nSPS) is 17.3. The van der Waals surface area contributed by atoms with E-state index in [4.69, 9.17) is 0 Å². The van der Waals surface area contributed by atoms with Gasteiger partial charge in [-0.15, -0.1) is 0 Å². The first-order chi connectivity index (χ1) is 8.06. The van der Waals surface area contributed by atoms with Crippen LogP contribution in [0.4, 0.5) is 0 Å². The number of carboxylic acids is 1. The minimum Gasteiger partial charge on any atom is -0.481 e. The van der Waals surface area contributed by atoms with Gasteiger partial charge < -0.3 is 5.11 Å². The third kappa shape index (κ3) is 1.35. The Hall–Kier alpha value is -1.36. The van der Waals surface area contributed by atoms with Crippen LogP contribution < -0.4 is 0 Å². The molecular weight excluding hydrogens is 284 g/mol. The Morgan fingerprint density at radius 2 is 2.24 bits per heavy atom. The predicted octanol–water partition coefficient (Wildman–Crippen LogP) is 2.45. The van der Waals surface area contributed by atoms with Crippen molar-refractivity contribution in [3.05, 3.63) is 28.4 Å². The summed E-state index contributed by atoms with van der Waals surface area (Å²) in [6.07, 6.45) is 1.43. The minimum absolute atomic E-state index is 0.688. The number of aromatic nitrogens is 2. The number of halogens is 1. The van der Waals surface area contributed by atoms with E-state index < -0.39 is 11.4 Å². The van der Waals surface area contributed by atoms with Gasteiger partial charge in [0.25, 0.3) is 0 Å². The molecule has 17 heavy (non-hydrogen) atoms. The van der Waals surface area contributed by atoms with E-state index in [1.165, 1.54) is 0 Å². The second kappa shape index (κ2) is 3.32. The van der Waals surface area contributed by atoms with Gasteiger partial charge in [0.15, 0.2) is 0 Å². The Morgan fingerprint density at radius 1 is 1.53 bits per heavy atom. The number of hydrogen-bond donors (Lipinski definition) is 1. The fraction of sp³-hybridized carbons (Fsp3) is 0.333. The molecule has 4 nitrogen and oxygen atoms in total. The van der Waals surface area contributed by atoms with Crippen molar-refractivity contribution in [3.63, 3.8) is 0 Å². The van der Waals surface area contributed by atoms with Gasteiger partial charge in [-0.1, -0.05) is 18.2 Å². The summed E-state index contributed by atoms with van der Waals surface area (Å²) in [5, 5.41) is 14.6. The van der Waals surface area contributed by atoms with Crippen LogP contribution in [-0.4, -0.2) is 20.9 Å². The first-order valence-corrected chi connectivity index (χ1v) is 6.21. The number of para-hydroxylation sites is 1. The molecule has 2 aromatic rings. The first-order valence-electron chi connectivity index (χ1n) is 5.41. The summed E-state index contributed by atoms with van der Waals surface area (Å²) < 4.78 is 2.51. The summed E-state index contributed by atoms with van der Waals surface area (Å²) >= 11 is 3.40. The number of aliphatic carboxylic acids is 1. The van der Waals surface area contributed by atoms with Gasteiger partial charge in [0, 0.05) is 12.4 Å². The molecule has 1 fully saturated rings. The quantitative estimate of drug-likeness (QED) is 0.926. The highest BCUT2D eigenvalue weighted by molar-refractivity contribution is 9.10. The molecule has 3 rings (SSSR count). The second-order valence-corrected chi connectivity index (χ2v) is 5.25. The second-order valence-electron chi connectivity index (χ2n) is 4.50. The van der Waals surface area contributed by atoms with Crippen LogP contribution >= 0.6 is 15.9 Å². The zero-order chi connectivity index (χ0) is 12.2. The van der Waals surface area contributed by atoms with E-state index in [1.807, 2.05) is 25.2 Å². The van der Waals surface area contributed by atoms with E-state index in [0.717, 1.165) is 21.1 Å². The zero-order valence-corrected chi connectivity index (χ0v) is 10.9. The summed E-state index contributed by atoms with van der Waals surface area (Å²) in [6.45, 7) is 0. The molecule has 1 aliphatic carbocycles. The lowest BCUT2D eigenvalue weighted by Gasteiger charge is -2.12. The largest absolute Gasteiger partial charge is 0.481 e. The third-order valence-electron chi connectivity index (χ3n) is 3.49. The number of benzene rings is 1. The van der Waals surface area contributed by atoms with Crippen molar-refractivity contribution in [1.29, 1.82) is 0 Å². The molecule has 5 heteroatoms. The molecular formula is C12H11BrN2O2. The first kappa shape index (κ1) is 10.8. The van der Waals surface area contributed by atoms with Crippen molar-refractivity contribution in [3.8, 4) is 0 Å². The number of nitrogens with zero attached hydrogens (tertiary/aromatic N) is 2. The molecule has 1 aromatic carbocycles. The molecule has 0 unspecified atom stereocenters. The molecule has 1 aliphatic rings. The van der Waals surface area contributed by atoms with Gasteiger partial charge in [0.05, 0.1) is 10.9 Å². The molecule has 0 radical (unpaired) electrons. The standard InChI is InChI=1S/C12H11BrN2O2/c1-15-9-7(10(13)14-15)3-2-4-8(9)12(5-6-12)11(16)17/h2-4H,5-6H2,1H3,(H,16,17). The number of rotatable bonds is 2. The minimum atomic E-state index is -0.734. The average molecular weight is 295 g/mol. The van der Waals surface area contributed by atoms with E-state index in [9.17, 15) is 9.90 Å². The van der Waals surface area contributed by atoms with Crippen LogP contribution in [0.3, 0.4) is 0 Å². The van der Waals surface area contributed by atoms with E-state index in [1.54, 1.807) is 4.68 Å². The predicted molar refractivity (Wildman–Crippen MR) is 67.0 cm³/mol. The van der Waals surface area contributed by atoms with Crippen molar-refractivity contribution < 1.29 is 9.90 Å². The van der Waals surface area contributed by atoms with Crippen LogP contribution in [0.1, 0.15) is 18.4 Å². The Kier molecular flexibility index (Phi) is 2.10. The van der Waals surface area contributed by atoms with Crippen LogP contribution in [-0.2, 0) is 17.3 Å². The lowest BCUT2D eigenvalue weighted by atomic mass is 9.94. The molecule has 0 atom stereocenters. The van der Waals surface area contributed by atoms with E-state index in [-0.39, 0.29) is 0 Å². The summed E-state index contributed by atoms with van der Waals surface area (Å²) in [5.41, 5.74) is 1.11. The summed E-state index contributed by atoms with van der Waals surface area (Å²) in [7, 11) is 1.84. The maximum absolute atomic E-state index is 11.4. The topological polar surface area (TPSA) is 55.1 Å². The molecule has 0 amide bonds. The smallest absolute Gasteiger partial charge is 0.314 e. The van der Waals surface area contributed by atoms with Crippen molar-refractivity contribution in [1.82, 2.24) is 9.78 Å². The highest BCUT2D eigenvalue weighted by Crippen LogP contribution is 2.50. The Bertz CT molecular complexity index is 629. The van der Waals surface area contributed by atoms with Gasteiger partial charge in [-0.25, -0.2) is 0 Å². The van der Waals surface area contributed by atoms with Gasteiger partial charge in [-0.3, -0.25) is 9.48 Å². The fourth-order valence-corrected chi connectivity index (χ4v) is 2.96. The van der Waals surface area contributed by atoms with Crippen molar-refractivity contribution >= 4 is 32.8 Å². The van der Waals surface area contributed by atoms with E-state index in [2.05, 4.69) is 21.0 Å². The SMILES string of the molecule is Cn1nc(Br)c2cccc(C3(C(=O)O)CC3)c21. The van der Waals surface area contributed by atoms with Crippen LogP contribution in [0.25, 0.3) is 10.9 Å². The van der Waals surface area contributed by atoms with Crippen LogP contribution in [0.5, 0.6) is 0 Å². The third-order valence-corrected chi connectivity index (χ3v) is 4.08. The Morgan fingerprint density at radius 3 is 2.82 bits per heavy atom. The molecule has 88 valence electrons. The molecule has 0 bridgehead atoms. The summed E-state index contributed by atoms with van der Waals surface area (Å²) in [4.78, 5) is 11.4. The maximum atomic E-state index is 11.4. The molecule has 0 spiro atoms. The molecule has 1 N–H and O–H groups in total. The number of carboxylic acid groups (broad SMARTS) is 1. The highest BCUT2D eigenvalue weighted by atomic mass is 79.9. The summed E-state index contributed by atoms with van der Waals surface area (Å²) in [6, 6.07) is 5.75. The molecule has 0 aliphatic heterocycles. The van der Waals surface area contributed by atoms with Gasteiger partial charge in [0.2, 0.25) is 0 Å². The monoisotopic (exact) mass is 294 g/mol. The zero-order valence-electron chi connectivity index (χ0n) is 9.27. The van der Waals surface area contributed by atoms with Crippen molar-refractivity contribution in [2.24, 2.45) is 7.05 Å². The number of fused-ring (bicyclic) bond motifs is 1. The average Bonchev–Trinajstić information content (AvgIpc) is 3.04. The van der Waals surface area contributed by atoms with Crippen LogP contribution in [0.2, 0.25) is 0 Å². The van der Waals surface area contributed by atoms with E-state index >= 15 is 0 Å².